The number of rotatable bonds is 5. The van der Waals surface area contributed by atoms with E-state index in [-0.39, 0.29) is 0 Å². The maximum Gasteiger partial charge on any atom is 0.113 e. The molecule has 1 unspecified atom stereocenters. The van der Waals surface area contributed by atoms with Crippen molar-refractivity contribution in [2.45, 2.75) is 19.0 Å². The van der Waals surface area contributed by atoms with Gasteiger partial charge in [0.05, 0.1) is 0 Å². The van der Waals surface area contributed by atoms with Crippen LogP contribution >= 0.6 is 0 Å². The Bertz CT molecular complexity index is 223. The van der Waals surface area contributed by atoms with E-state index in [9.17, 15) is 4.39 Å². The standard InChI is InChI=1S/C11H16FN/c1-13-9-11(12)8-7-10-5-3-2-4-6-10/h2-6,11,13H,7-9H2,1H3. The van der Waals surface area contributed by atoms with E-state index in [0.717, 1.165) is 6.42 Å². The molecule has 0 aliphatic carbocycles. The number of aryl methyl sites for hydroxylation is 1. The average Bonchev–Trinajstić information content (AvgIpc) is 2.17. The van der Waals surface area contributed by atoms with Gasteiger partial charge in [0.15, 0.2) is 0 Å². The average molecular weight is 181 g/mol. The van der Waals surface area contributed by atoms with Gasteiger partial charge in [-0.3, -0.25) is 0 Å². The normalized spacial score (nSPS) is 12.8. The van der Waals surface area contributed by atoms with E-state index >= 15 is 0 Å². The summed E-state index contributed by atoms with van der Waals surface area (Å²) in [6.45, 7) is 0.451. The van der Waals surface area contributed by atoms with Crippen molar-refractivity contribution in [3.63, 3.8) is 0 Å². The van der Waals surface area contributed by atoms with E-state index in [4.69, 9.17) is 0 Å². The quantitative estimate of drug-likeness (QED) is 0.734. The lowest BCUT2D eigenvalue weighted by Crippen LogP contribution is -2.20. The molecule has 1 nitrogen and oxygen atoms in total. The summed E-state index contributed by atoms with van der Waals surface area (Å²) in [6.07, 6.45) is 0.694. The van der Waals surface area contributed by atoms with Gasteiger partial charge in [-0.2, -0.15) is 0 Å². The first-order chi connectivity index (χ1) is 6.33. The summed E-state index contributed by atoms with van der Waals surface area (Å²) in [5.41, 5.74) is 1.21. The van der Waals surface area contributed by atoms with E-state index < -0.39 is 6.17 Å². The molecule has 0 saturated carbocycles. The van der Waals surface area contributed by atoms with E-state index in [1.807, 2.05) is 30.3 Å². The first kappa shape index (κ1) is 10.2. The van der Waals surface area contributed by atoms with Crippen LogP contribution in [0.2, 0.25) is 0 Å². The van der Waals surface area contributed by atoms with Crippen molar-refractivity contribution in [1.82, 2.24) is 5.32 Å². The van der Waals surface area contributed by atoms with Crippen molar-refractivity contribution >= 4 is 0 Å². The zero-order valence-corrected chi connectivity index (χ0v) is 7.96. The van der Waals surface area contributed by atoms with Crippen molar-refractivity contribution in [3.05, 3.63) is 35.9 Å². The first-order valence-corrected chi connectivity index (χ1v) is 4.65. The third-order valence-corrected chi connectivity index (χ3v) is 2.01. The van der Waals surface area contributed by atoms with Crippen molar-refractivity contribution in [1.29, 1.82) is 0 Å². The molecule has 0 bridgehead atoms. The highest BCUT2D eigenvalue weighted by atomic mass is 19.1. The molecular formula is C11H16FN. The van der Waals surface area contributed by atoms with Gasteiger partial charge in [-0.15, -0.1) is 0 Å². The smallest absolute Gasteiger partial charge is 0.113 e. The van der Waals surface area contributed by atoms with Gasteiger partial charge >= 0.3 is 0 Å². The van der Waals surface area contributed by atoms with E-state index in [1.54, 1.807) is 7.05 Å². The Labute approximate surface area is 79.0 Å². The third kappa shape index (κ3) is 4.04. The third-order valence-electron chi connectivity index (χ3n) is 2.01. The van der Waals surface area contributed by atoms with Gasteiger partial charge in [-0.05, 0) is 25.5 Å². The Morgan fingerprint density at radius 1 is 1.31 bits per heavy atom. The molecule has 0 spiro atoms. The molecule has 0 heterocycles. The number of hydrogen-bond donors (Lipinski definition) is 1. The van der Waals surface area contributed by atoms with Gasteiger partial charge in [-0.25, -0.2) is 4.39 Å². The molecule has 0 amide bonds. The predicted octanol–water partition coefficient (Wildman–Crippen LogP) is 2.18. The summed E-state index contributed by atoms with van der Waals surface area (Å²) in [5, 5.41) is 2.83. The fourth-order valence-corrected chi connectivity index (χ4v) is 1.29. The number of nitrogens with one attached hydrogen (secondary N) is 1. The topological polar surface area (TPSA) is 12.0 Å². The van der Waals surface area contributed by atoms with E-state index in [1.165, 1.54) is 5.56 Å². The zero-order chi connectivity index (χ0) is 9.52. The van der Waals surface area contributed by atoms with Crippen LogP contribution in [-0.4, -0.2) is 19.8 Å². The summed E-state index contributed by atoms with van der Waals surface area (Å²) >= 11 is 0. The van der Waals surface area contributed by atoms with Crippen LogP contribution in [0.25, 0.3) is 0 Å². The molecule has 13 heavy (non-hydrogen) atoms. The van der Waals surface area contributed by atoms with Crippen molar-refractivity contribution in [2.24, 2.45) is 0 Å². The van der Waals surface area contributed by atoms with E-state index in [0.29, 0.717) is 13.0 Å². The van der Waals surface area contributed by atoms with Gasteiger partial charge in [0.1, 0.15) is 6.17 Å². The number of hydrogen-bond acceptors (Lipinski definition) is 1. The maximum atomic E-state index is 13.0. The van der Waals surface area contributed by atoms with Crippen LogP contribution in [0.4, 0.5) is 4.39 Å². The summed E-state index contributed by atoms with van der Waals surface area (Å²) in [7, 11) is 1.77. The summed E-state index contributed by atoms with van der Waals surface area (Å²) in [5.74, 6) is 0. The second-order valence-corrected chi connectivity index (χ2v) is 3.18. The Morgan fingerprint density at radius 3 is 2.62 bits per heavy atom. The molecule has 0 aromatic heterocycles. The molecule has 0 aliphatic heterocycles. The second-order valence-electron chi connectivity index (χ2n) is 3.18. The maximum absolute atomic E-state index is 13.0. The van der Waals surface area contributed by atoms with Crippen LogP contribution in [-0.2, 0) is 6.42 Å². The molecule has 2 heteroatoms. The van der Waals surface area contributed by atoms with Crippen molar-refractivity contribution in [2.75, 3.05) is 13.6 Å². The highest BCUT2D eigenvalue weighted by molar-refractivity contribution is 5.14. The van der Waals surface area contributed by atoms with Crippen LogP contribution in [0.3, 0.4) is 0 Å². The molecule has 1 rings (SSSR count). The molecule has 1 atom stereocenters. The van der Waals surface area contributed by atoms with Crippen LogP contribution in [0.15, 0.2) is 30.3 Å². The van der Waals surface area contributed by atoms with Crippen LogP contribution in [0.1, 0.15) is 12.0 Å². The fourth-order valence-electron chi connectivity index (χ4n) is 1.29. The molecule has 0 fully saturated rings. The highest BCUT2D eigenvalue weighted by Crippen LogP contribution is 2.06. The lowest BCUT2D eigenvalue weighted by molar-refractivity contribution is 0.308. The number of alkyl halides is 1. The Kier molecular flexibility index (Phi) is 4.47. The predicted molar refractivity (Wildman–Crippen MR) is 53.6 cm³/mol. The lowest BCUT2D eigenvalue weighted by atomic mass is 10.1. The summed E-state index contributed by atoms with van der Waals surface area (Å²) in [4.78, 5) is 0. The highest BCUT2D eigenvalue weighted by Gasteiger charge is 2.04. The van der Waals surface area contributed by atoms with E-state index in [2.05, 4.69) is 5.32 Å². The largest absolute Gasteiger partial charge is 0.317 e. The molecule has 0 radical (unpaired) electrons. The zero-order valence-electron chi connectivity index (χ0n) is 7.96. The molecular weight excluding hydrogens is 165 g/mol. The monoisotopic (exact) mass is 181 g/mol. The van der Waals surface area contributed by atoms with Crippen molar-refractivity contribution < 1.29 is 4.39 Å². The number of halogens is 1. The summed E-state index contributed by atoms with van der Waals surface area (Å²) < 4.78 is 13.0. The molecule has 0 aliphatic rings. The Balaban J connectivity index is 2.27. The second kappa shape index (κ2) is 5.70. The molecule has 0 saturated heterocycles. The fraction of sp³-hybridized carbons (Fsp3) is 0.455. The van der Waals surface area contributed by atoms with Gasteiger partial charge in [0, 0.05) is 6.54 Å². The summed E-state index contributed by atoms with van der Waals surface area (Å²) in [6, 6.07) is 10.0. The minimum atomic E-state index is -0.731. The molecule has 1 aromatic carbocycles. The van der Waals surface area contributed by atoms with Crippen LogP contribution < -0.4 is 5.32 Å². The molecule has 1 aromatic rings. The van der Waals surface area contributed by atoms with Gasteiger partial charge < -0.3 is 5.32 Å². The van der Waals surface area contributed by atoms with Crippen LogP contribution in [0, 0.1) is 0 Å². The number of benzene rings is 1. The lowest BCUT2D eigenvalue weighted by Gasteiger charge is -2.06. The van der Waals surface area contributed by atoms with Crippen molar-refractivity contribution in [3.8, 4) is 0 Å². The minimum Gasteiger partial charge on any atom is -0.317 e. The van der Waals surface area contributed by atoms with Gasteiger partial charge in [0.2, 0.25) is 0 Å². The van der Waals surface area contributed by atoms with Gasteiger partial charge in [-0.1, -0.05) is 30.3 Å². The molecule has 1 N–H and O–H groups in total. The Morgan fingerprint density at radius 2 is 2.00 bits per heavy atom. The SMILES string of the molecule is CNCC(F)CCc1ccccc1. The first-order valence-electron chi connectivity index (χ1n) is 4.65. The van der Waals surface area contributed by atoms with Gasteiger partial charge in [0.25, 0.3) is 0 Å². The minimum absolute atomic E-state index is 0.451. The molecule has 72 valence electrons. The Hall–Kier alpha value is -0.890. The van der Waals surface area contributed by atoms with Crippen LogP contribution in [0.5, 0.6) is 0 Å².